The molecule has 0 amide bonds. The molecule has 0 unspecified atom stereocenters. The molecule has 156 valence electrons. The largest absolute Gasteiger partial charge is 0.350 e. The van der Waals surface area contributed by atoms with Gasteiger partial charge in [0.2, 0.25) is 11.9 Å². The van der Waals surface area contributed by atoms with Crippen molar-refractivity contribution in [3.63, 3.8) is 0 Å². The van der Waals surface area contributed by atoms with Crippen molar-refractivity contribution < 1.29 is 4.79 Å². The van der Waals surface area contributed by atoms with Crippen LogP contribution in [0.25, 0.3) is 0 Å². The van der Waals surface area contributed by atoms with Crippen molar-refractivity contribution in [3.8, 4) is 0 Å². The Balaban J connectivity index is 1.55. The average molecular weight is 452 g/mol. The number of nitrogens with one attached hydrogen (secondary N) is 2. The number of nitrogens with zero attached hydrogens (tertiary/aromatic N) is 3. The highest BCUT2D eigenvalue weighted by molar-refractivity contribution is 6.30. The second kappa shape index (κ2) is 9.64. The Hall–Kier alpha value is -3.35. The molecule has 8 heteroatoms. The lowest BCUT2D eigenvalue weighted by molar-refractivity contribution is 0.0947. The number of halogens is 2. The van der Waals surface area contributed by atoms with Crippen LogP contribution in [0.1, 0.15) is 21.5 Å². The van der Waals surface area contributed by atoms with Crippen LogP contribution in [0.3, 0.4) is 0 Å². The number of hydrogen-bond donors (Lipinski definition) is 2. The zero-order chi connectivity index (χ0) is 21.6. The molecule has 0 saturated heterocycles. The molecule has 0 saturated carbocycles. The second-order valence-electron chi connectivity index (χ2n) is 6.80. The molecular weight excluding hydrogens is 433 g/mol. The summed E-state index contributed by atoms with van der Waals surface area (Å²) in [4.78, 5) is 17.5. The number of anilines is 2. The van der Waals surface area contributed by atoms with Crippen LogP contribution in [0.2, 0.25) is 10.0 Å². The summed E-state index contributed by atoms with van der Waals surface area (Å²) in [5, 5.41) is 12.1. The van der Waals surface area contributed by atoms with Crippen LogP contribution in [0, 0.1) is 0 Å². The molecule has 0 radical (unpaired) electrons. The molecule has 0 aliphatic heterocycles. The van der Waals surface area contributed by atoms with E-state index >= 15 is 0 Å². The SMILES string of the molecule is O=C(c1ccccc1)n1nc(NCc2ccc(Cl)cc2)nc1NCc1ccc(Cl)cc1. The molecule has 0 aliphatic carbocycles. The predicted octanol–water partition coefficient (Wildman–Crippen LogP) is 5.50. The first-order valence-corrected chi connectivity index (χ1v) is 10.4. The van der Waals surface area contributed by atoms with E-state index in [1.807, 2.05) is 66.7 Å². The minimum atomic E-state index is -0.272. The van der Waals surface area contributed by atoms with E-state index in [1.54, 1.807) is 12.1 Å². The van der Waals surface area contributed by atoms with Crippen LogP contribution in [0.15, 0.2) is 78.9 Å². The number of rotatable bonds is 7. The highest BCUT2D eigenvalue weighted by atomic mass is 35.5. The summed E-state index contributed by atoms with van der Waals surface area (Å²) in [5.41, 5.74) is 2.54. The first-order chi connectivity index (χ1) is 15.1. The van der Waals surface area contributed by atoms with Crippen LogP contribution >= 0.6 is 23.2 Å². The highest BCUT2D eigenvalue weighted by Gasteiger charge is 2.17. The molecule has 4 rings (SSSR count). The predicted molar refractivity (Wildman–Crippen MR) is 124 cm³/mol. The van der Waals surface area contributed by atoms with E-state index in [0.29, 0.717) is 40.6 Å². The second-order valence-corrected chi connectivity index (χ2v) is 7.67. The zero-order valence-corrected chi connectivity index (χ0v) is 17.9. The topological polar surface area (TPSA) is 71.8 Å². The van der Waals surface area contributed by atoms with Crippen LogP contribution < -0.4 is 10.6 Å². The van der Waals surface area contributed by atoms with Gasteiger partial charge < -0.3 is 10.6 Å². The first-order valence-electron chi connectivity index (χ1n) is 9.62. The lowest BCUT2D eigenvalue weighted by Crippen LogP contribution is -2.17. The Kier molecular flexibility index (Phi) is 6.50. The van der Waals surface area contributed by atoms with E-state index in [9.17, 15) is 4.79 Å². The molecule has 31 heavy (non-hydrogen) atoms. The zero-order valence-electron chi connectivity index (χ0n) is 16.4. The summed E-state index contributed by atoms with van der Waals surface area (Å²) < 4.78 is 1.27. The van der Waals surface area contributed by atoms with Gasteiger partial charge in [0.15, 0.2) is 0 Å². The van der Waals surface area contributed by atoms with E-state index < -0.39 is 0 Å². The van der Waals surface area contributed by atoms with Gasteiger partial charge in [0.05, 0.1) is 0 Å². The summed E-state index contributed by atoms with van der Waals surface area (Å²) in [7, 11) is 0. The van der Waals surface area contributed by atoms with Crippen LogP contribution in [-0.4, -0.2) is 20.7 Å². The van der Waals surface area contributed by atoms with Crippen molar-refractivity contribution in [1.29, 1.82) is 0 Å². The van der Waals surface area contributed by atoms with Gasteiger partial charge in [-0.2, -0.15) is 9.67 Å². The Morgan fingerprint density at radius 3 is 1.90 bits per heavy atom. The number of aromatic nitrogens is 3. The maximum Gasteiger partial charge on any atom is 0.281 e. The summed E-state index contributed by atoms with van der Waals surface area (Å²) in [6.45, 7) is 0.964. The quantitative estimate of drug-likeness (QED) is 0.388. The molecule has 6 nitrogen and oxygen atoms in total. The van der Waals surface area contributed by atoms with Gasteiger partial charge in [-0.15, -0.1) is 5.10 Å². The van der Waals surface area contributed by atoms with E-state index in [1.165, 1.54) is 4.68 Å². The minimum Gasteiger partial charge on any atom is -0.350 e. The van der Waals surface area contributed by atoms with Crippen LogP contribution in [-0.2, 0) is 13.1 Å². The lowest BCUT2D eigenvalue weighted by atomic mass is 10.2. The third-order valence-corrected chi connectivity index (χ3v) is 5.05. The smallest absolute Gasteiger partial charge is 0.281 e. The van der Waals surface area contributed by atoms with Gasteiger partial charge in [0.25, 0.3) is 5.91 Å². The molecule has 4 aromatic rings. The highest BCUT2D eigenvalue weighted by Crippen LogP contribution is 2.16. The van der Waals surface area contributed by atoms with E-state index in [4.69, 9.17) is 23.2 Å². The molecule has 3 aromatic carbocycles. The molecule has 1 aromatic heterocycles. The average Bonchev–Trinajstić information content (AvgIpc) is 3.21. The van der Waals surface area contributed by atoms with Gasteiger partial charge in [-0.25, -0.2) is 0 Å². The Morgan fingerprint density at radius 1 is 0.774 bits per heavy atom. The van der Waals surface area contributed by atoms with Crippen molar-refractivity contribution in [2.45, 2.75) is 13.1 Å². The number of carbonyl (C=O) groups excluding carboxylic acids is 1. The molecule has 0 aliphatic rings. The van der Waals surface area contributed by atoms with Crippen LogP contribution in [0.4, 0.5) is 11.9 Å². The van der Waals surface area contributed by atoms with Gasteiger partial charge in [0, 0.05) is 28.7 Å². The van der Waals surface area contributed by atoms with Crippen molar-refractivity contribution in [2.75, 3.05) is 10.6 Å². The van der Waals surface area contributed by atoms with Crippen molar-refractivity contribution in [2.24, 2.45) is 0 Å². The monoisotopic (exact) mass is 451 g/mol. The van der Waals surface area contributed by atoms with Gasteiger partial charge in [-0.3, -0.25) is 4.79 Å². The Morgan fingerprint density at radius 2 is 1.32 bits per heavy atom. The molecular formula is C23H19Cl2N5O. The molecule has 0 atom stereocenters. The Bertz CT molecular complexity index is 1160. The molecule has 0 fully saturated rings. The maximum atomic E-state index is 13.0. The summed E-state index contributed by atoms with van der Waals surface area (Å²) in [5.74, 6) is 0.423. The standard InChI is InChI=1S/C23H19Cl2N5O/c24-19-10-6-16(7-11-19)14-26-22-28-23(27-15-17-8-12-20(25)13-9-17)30(29-22)21(31)18-4-2-1-3-5-18/h1-13H,14-15H2,(H2,26,27,28,29). The summed E-state index contributed by atoms with van der Waals surface area (Å²) >= 11 is 11.9. The van der Waals surface area contributed by atoms with Gasteiger partial charge >= 0.3 is 0 Å². The minimum absolute atomic E-state index is 0.272. The molecule has 0 bridgehead atoms. The van der Waals surface area contributed by atoms with E-state index in [-0.39, 0.29) is 5.91 Å². The third kappa shape index (κ3) is 5.42. The molecule has 2 N–H and O–H groups in total. The van der Waals surface area contributed by atoms with Crippen molar-refractivity contribution >= 4 is 41.0 Å². The molecule has 0 spiro atoms. The first kappa shape index (κ1) is 20.9. The van der Waals surface area contributed by atoms with Gasteiger partial charge in [-0.05, 0) is 47.5 Å². The number of carbonyl (C=O) groups is 1. The third-order valence-electron chi connectivity index (χ3n) is 4.55. The summed E-state index contributed by atoms with van der Waals surface area (Å²) in [6, 6.07) is 23.9. The summed E-state index contributed by atoms with van der Waals surface area (Å²) in [6.07, 6.45) is 0. The normalized spacial score (nSPS) is 10.6. The number of benzene rings is 3. The van der Waals surface area contributed by atoms with Crippen molar-refractivity contribution in [1.82, 2.24) is 14.8 Å². The lowest BCUT2D eigenvalue weighted by Gasteiger charge is -2.07. The number of hydrogen-bond acceptors (Lipinski definition) is 5. The van der Waals surface area contributed by atoms with Crippen molar-refractivity contribution in [3.05, 3.63) is 106 Å². The Labute approximate surface area is 189 Å². The fraction of sp³-hybridized carbons (Fsp3) is 0.0870. The van der Waals surface area contributed by atoms with E-state index in [2.05, 4.69) is 20.7 Å². The van der Waals surface area contributed by atoms with Gasteiger partial charge in [0.1, 0.15) is 0 Å². The van der Waals surface area contributed by atoms with E-state index in [0.717, 1.165) is 11.1 Å². The van der Waals surface area contributed by atoms with Crippen LogP contribution in [0.5, 0.6) is 0 Å². The molecule has 1 heterocycles. The van der Waals surface area contributed by atoms with Gasteiger partial charge in [-0.1, -0.05) is 65.7 Å². The fourth-order valence-electron chi connectivity index (χ4n) is 2.91. The fourth-order valence-corrected chi connectivity index (χ4v) is 3.16. The maximum absolute atomic E-state index is 13.0.